The van der Waals surface area contributed by atoms with E-state index in [-0.39, 0.29) is 0 Å². The minimum Gasteiger partial charge on any atom is -0.313 e. The van der Waals surface area contributed by atoms with Crippen molar-refractivity contribution in [2.24, 2.45) is 5.92 Å². The molecule has 4 nitrogen and oxygen atoms in total. The number of hydrogen-bond acceptors (Lipinski definition) is 3. The Kier molecular flexibility index (Phi) is 3.19. The molecular weight excluding hydrogens is 200 g/mol. The fourth-order valence-corrected chi connectivity index (χ4v) is 1.99. The molecule has 2 heterocycles. The number of hydrogen-bond donors (Lipinski definition) is 1. The molecule has 0 radical (unpaired) electrons. The van der Waals surface area contributed by atoms with Crippen molar-refractivity contribution >= 4 is 5.52 Å². The summed E-state index contributed by atoms with van der Waals surface area (Å²) in [4.78, 5) is 4.15. The minimum absolute atomic E-state index is 0.349. The maximum atomic E-state index is 4.33. The molecule has 1 atom stereocenters. The normalized spacial score (nSPS) is 13.5. The molecule has 0 saturated carbocycles. The fourth-order valence-electron chi connectivity index (χ4n) is 1.99. The van der Waals surface area contributed by atoms with Crippen LogP contribution in [-0.4, -0.2) is 21.6 Å². The number of nitrogens with one attached hydrogen (secondary N) is 1. The van der Waals surface area contributed by atoms with Crippen LogP contribution >= 0.6 is 0 Å². The molecule has 0 aliphatic heterocycles. The zero-order valence-electron chi connectivity index (χ0n) is 10.0. The summed E-state index contributed by atoms with van der Waals surface area (Å²) in [6.45, 7) is 4.46. The van der Waals surface area contributed by atoms with Crippen LogP contribution in [0.25, 0.3) is 5.52 Å². The standard InChI is InChI=1S/C12H18N4/c1-9(2)6-11(13-3)10-7-15-16-5-4-14-8-12(10)16/h4-5,7-9,11,13H,6H2,1-3H3. The van der Waals surface area contributed by atoms with Gasteiger partial charge in [0.05, 0.1) is 17.9 Å². The molecule has 16 heavy (non-hydrogen) atoms. The van der Waals surface area contributed by atoms with E-state index in [4.69, 9.17) is 0 Å². The highest BCUT2D eigenvalue weighted by Crippen LogP contribution is 2.23. The SMILES string of the molecule is CNC(CC(C)C)c1cnn2ccncc12. The zero-order chi connectivity index (χ0) is 11.5. The first-order valence-corrected chi connectivity index (χ1v) is 5.67. The van der Waals surface area contributed by atoms with Gasteiger partial charge in [0.15, 0.2) is 0 Å². The van der Waals surface area contributed by atoms with E-state index in [1.54, 1.807) is 6.20 Å². The van der Waals surface area contributed by atoms with Crippen molar-refractivity contribution in [2.75, 3.05) is 7.05 Å². The van der Waals surface area contributed by atoms with E-state index >= 15 is 0 Å². The van der Waals surface area contributed by atoms with Gasteiger partial charge in [0.25, 0.3) is 0 Å². The first-order valence-electron chi connectivity index (χ1n) is 5.67. The van der Waals surface area contributed by atoms with Gasteiger partial charge < -0.3 is 5.32 Å². The van der Waals surface area contributed by atoms with Crippen molar-refractivity contribution in [3.05, 3.63) is 30.4 Å². The average molecular weight is 218 g/mol. The molecule has 1 N–H and O–H groups in total. The van der Waals surface area contributed by atoms with Gasteiger partial charge in [-0.2, -0.15) is 5.10 Å². The van der Waals surface area contributed by atoms with E-state index in [0.29, 0.717) is 12.0 Å². The quantitative estimate of drug-likeness (QED) is 0.854. The number of aromatic nitrogens is 3. The summed E-state index contributed by atoms with van der Waals surface area (Å²) in [6.07, 6.45) is 8.53. The van der Waals surface area contributed by atoms with Crippen LogP contribution in [0.15, 0.2) is 24.8 Å². The van der Waals surface area contributed by atoms with Gasteiger partial charge in [-0.15, -0.1) is 0 Å². The molecule has 0 amide bonds. The number of fused-ring (bicyclic) bond motifs is 1. The van der Waals surface area contributed by atoms with E-state index in [1.807, 2.05) is 30.2 Å². The monoisotopic (exact) mass is 218 g/mol. The summed E-state index contributed by atoms with van der Waals surface area (Å²) in [7, 11) is 1.99. The van der Waals surface area contributed by atoms with Crippen LogP contribution in [0, 0.1) is 5.92 Å². The zero-order valence-corrected chi connectivity index (χ0v) is 10.0. The molecular formula is C12H18N4. The Hall–Kier alpha value is -1.42. The molecule has 1 unspecified atom stereocenters. The van der Waals surface area contributed by atoms with Crippen LogP contribution < -0.4 is 5.32 Å². The van der Waals surface area contributed by atoms with Gasteiger partial charge in [-0.3, -0.25) is 4.98 Å². The van der Waals surface area contributed by atoms with Crippen LogP contribution in [-0.2, 0) is 0 Å². The predicted molar refractivity (Wildman–Crippen MR) is 64.2 cm³/mol. The van der Waals surface area contributed by atoms with Crippen LogP contribution in [0.4, 0.5) is 0 Å². The van der Waals surface area contributed by atoms with Gasteiger partial charge in [0.2, 0.25) is 0 Å². The molecule has 4 heteroatoms. The second kappa shape index (κ2) is 4.61. The smallest absolute Gasteiger partial charge is 0.0892 e. The molecule has 0 aliphatic rings. The van der Waals surface area contributed by atoms with Crippen molar-refractivity contribution in [2.45, 2.75) is 26.3 Å². The second-order valence-corrected chi connectivity index (χ2v) is 4.48. The predicted octanol–water partition coefficient (Wildman–Crippen LogP) is 2.04. The topological polar surface area (TPSA) is 42.2 Å². The molecule has 2 aromatic rings. The van der Waals surface area contributed by atoms with E-state index < -0.39 is 0 Å². The molecule has 0 spiro atoms. The summed E-state index contributed by atoms with van der Waals surface area (Å²) < 4.78 is 1.87. The van der Waals surface area contributed by atoms with Crippen molar-refractivity contribution in [3.63, 3.8) is 0 Å². The third-order valence-corrected chi connectivity index (χ3v) is 2.79. The summed E-state index contributed by atoms with van der Waals surface area (Å²) >= 11 is 0. The van der Waals surface area contributed by atoms with Crippen LogP contribution in [0.1, 0.15) is 31.9 Å². The highest BCUT2D eigenvalue weighted by Gasteiger charge is 2.15. The molecule has 86 valence electrons. The fraction of sp³-hybridized carbons (Fsp3) is 0.500. The van der Waals surface area contributed by atoms with Crippen LogP contribution in [0.5, 0.6) is 0 Å². The molecule has 0 saturated heterocycles. The maximum Gasteiger partial charge on any atom is 0.0892 e. The Morgan fingerprint density at radius 3 is 2.88 bits per heavy atom. The van der Waals surface area contributed by atoms with Gasteiger partial charge in [-0.1, -0.05) is 13.8 Å². The average Bonchev–Trinajstić information content (AvgIpc) is 2.69. The number of rotatable bonds is 4. The molecule has 0 bridgehead atoms. The van der Waals surface area contributed by atoms with Crippen molar-refractivity contribution in [1.82, 2.24) is 19.9 Å². The van der Waals surface area contributed by atoms with Gasteiger partial charge >= 0.3 is 0 Å². The summed E-state index contributed by atoms with van der Waals surface area (Å²) in [5.41, 5.74) is 2.31. The van der Waals surface area contributed by atoms with Gasteiger partial charge in [-0.25, -0.2) is 4.52 Å². The summed E-state index contributed by atoms with van der Waals surface area (Å²) in [6, 6.07) is 0.349. The van der Waals surface area contributed by atoms with Crippen molar-refractivity contribution in [1.29, 1.82) is 0 Å². The van der Waals surface area contributed by atoms with Gasteiger partial charge in [-0.05, 0) is 19.4 Å². The Morgan fingerprint density at radius 2 is 2.19 bits per heavy atom. The lowest BCUT2D eigenvalue weighted by Gasteiger charge is -2.17. The van der Waals surface area contributed by atoms with Crippen molar-refractivity contribution < 1.29 is 0 Å². The van der Waals surface area contributed by atoms with E-state index in [0.717, 1.165) is 11.9 Å². The largest absolute Gasteiger partial charge is 0.313 e. The van der Waals surface area contributed by atoms with Gasteiger partial charge in [0.1, 0.15) is 0 Å². The molecule has 0 fully saturated rings. The summed E-state index contributed by atoms with van der Waals surface area (Å²) in [5.74, 6) is 0.657. The second-order valence-electron chi connectivity index (χ2n) is 4.48. The first-order chi connectivity index (χ1) is 7.72. The van der Waals surface area contributed by atoms with Crippen molar-refractivity contribution in [3.8, 4) is 0 Å². The third-order valence-electron chi connectivity index (χ3n) is 2.79. The van der Waals surface area contributed by atoms with E-state index in [9.17, 15) is 0 Å². The lowest BCUT2D eigenvalue weighted by Crippen LogP contribution is -2.18. The minimum atomic E-state index is 0.349. The Morgan fingerprint density at radius 1 is 1.38 bits per heavy atom. The maximum absolute atomic E-state index is 4.33. The van der Waals surface area contributed by atoms with Crippen LogP contribution in [0.3, 0.4) is 0 Å². The highest BCUT2D eigenvalue weighted by molar-refractivity contribution is 5.53. The molecule has 0 aliphatic carbocycles. The molecule has 2 rings (SSSR count). The lowest BCUT2D eigenvalue weighted by atomic mass is 9.98. The van der Waals surface area contributed by atoms with Crippen LogP contribution in [0.2, 0.25) is 0 Å². The molecule has 0 aromatic carbocycles. The highest BCUT2D eigenvalue weighted by atomic mass is 15.2. The number of nitrogens with zero attached hydrogens (tertiary/aromatic N) is 3. The van der Waals surface area contributed by atoms with Gasteiger partial charge in [0, 0.05) is 24.0 Å². The van der Waals surface area contributed by atoms with E-state index in [1.165, 1.54) is 5.56 Å². The summed E-state index contributed by atoms with van der Waals surface area (Å²) in [5, 5.41) is 7.68. The van der Waals surface area contributed by atoms with E-state index in [2.05, 4.69) is 29.2 Å². The molecule has 2 aromatic heterocycles. The Bertz CT molecular complexity index is 461. The third kappa shape index (κ3) is 2.07. The lowest BCUT2D eigenvalue weighted by molar-refractivity contribution is 0.459. The first kappa shape index (κ1) is 11.1. The Labute approximate surface area is 95.7 Å². The Balaban J connectivity index is 2.37.